The molecule has 3 aromatic rings. The Kier molecular flexibility index (Phi) is 5.94. The Morgan fingerprint density at radius 3 is 1.93 bits per heavy atom. The van der Waals surface area contributed by atoms with Crippen molar-refractivity contribution in [2.75, 3.05) is 10.0 Å². The molecule has 7 heteroatoms. The van der Waals surface area contributed by atoms with Crippen molar-refractivity contribution in [3.8, 4) is 0 Å². The summed E-state index contributed by atoms with van der Waals surface area (Å²) in [5.74, 6) is 1.08. The van der Waals surface area contributed by atoms with Gasteiger partial charge in [-0.2, -0.15) is 0 Å². The molecule has 146 valence electrons. The van der Waals surface area contributed by atoms with Gasteiger partial charge in [0.1, 0.15) is 5.82 Å². The van der Waals surface area contributed by atoms with Crippen LogP contribution in [0, 0.1) is 0 Å². The average Bonchev–Trinajstić information content (AvgIpc) is 2.70. The summed E-state index contributed by atoms with van der Waals surface area (Å²) >= 11 is 0. The first-order valence-corrected chi connectivity index (χ1v) is 10.6. The predicted octanol–water partition coefficient (Wildman–Crippen LogP) is 4.57. The maximum atomic E-state index is 12.5. The molecule has 0 saturated heterocycles. The van der Waals surface area contributed by atoms with Gasteiger partial charge in [-0.25, -0.2) is 8.42 Å². The van der Waals surface area contributed by atoms with Crippen molar-refractivity contribution in [3.05, 3.63) is 77.9 Å². The molecule has 0 spiro atoms. The summed E-state index contributed by atoms with van der Waals surface area (Å²) in [5.41, 5.74) is 2.21. The molecular weight excluding hydrogens is 372 g/mol. The second kappa shape index (κ2) is 8.39. The number of rotatable bonds is 7. The molecule has 1 atom stereocenters. The highest BCUT2D eigenvalue weighted by molar-refractivity contribution is 7.92. The Labute approximate surface area is 166 Å². The number of benzene rings is 2. The van der Waals surface area contributed by atoms with Gasteiger partial charge >= 0.3 is 0 Å². The lowest BCUT2D eigenvalue weighted by Crippen LogP contribution is -2.15. The topological polar surface area (TPSA) is 84.0 Å². The van der Waals surface area contributed by atoms with E-state index in [0.717, 1.165) is 11.1 Å². The SMILES string of the molecule is CC(C)c1ccc(S(=O)(=O)Nc2ccc(NC(C)c3ccccc3)nn2)cc1. The molecule has 1 heterocycles. The molecule has 0 aliphatic heterocycles. The van der Waals surface area contributed by atoms with Crippen LogP contribution in [0.1, 0.15) is 43.9 Å². The van der Waals surface area contributed by atoms with E-state index in [-0.39, 0.29) is 16.8 Å². The number of aromatic nitrogens is 2. The zero-order valence-electron chi connectivity index (χ0n) is 16.1. The summed E-state index contributed by atoms with van der Waals surface area (Å²) in [4.78, 5) is 0.193. The highest BCUT2D eigenvalue weighted by Gasteiger charge is 2.15. The minimum atomic E-state index is -3.71. The number of nitrogens with one attached hydrogen (secondary N) is 2. The molecule has 0 bridgehead atoms. The molecule has 0 amide bonds. The smallest absolute Gasteiger partial charge is 0.263 e. The van der Waals surface area contributed by atoms with Gasteiger partial charge < -0.3 is 5.32 Å². The highest BCUT2D eigenvalue weighted by Crippen LogP contribution is 2.20. The van der Waals surface area contributed by atoms with Gasteiger partial charge in [-0.05, 0) is 48.2 Å². The summed E-state index contributed by atoms with van der Waals surface area (Å²) in [6, 6.07) is 20.2. The van der Waals surface area contributed by atoms with Crippen LogP contribution in [0.4, 0.5) is 11.6 Å². The number of hydrogen-bond donors (Lipinski definition) is 2. The fourth-order valence-corrected chi connectivity index (χ4v) is 3.74. The second-order valence-electron chi connectivity index (χ2n) is 6.91. The molecule has 3 rings (SSSR count). The van der Waals surface area contributed by atoms with Crippen molar-refractivity contribution < 1.29 is 8.42 Å². The van der Waals surface area contributed by atoms with Gasteiger partial charge in [0.2, 0.25) is 0 Å². The van der Waals surface area contributed by atoms with Gasteiger partial charge in [-0.1, -0.05) is 56.3 Å². The third-order valence-electron chi connectivity index (χ3n) is 4.42. The Bertz CT molecular complexity index is 1000. The lowest BCUT2D eigenvalue weighted by Gasteiger charge is -2.14. The zero-order valence-corrected chi connectivity index (χ0v) is 16.9. The standard InChI is InChI=1S/C21H24N4O2S/c1-15(2)17-9-11-19(12-10-17)28(26,27)25-21-14-13-20(23-24-21)22-16(3)18-7-5-4-6-8-18/h4-16H,1-3H3,(H,22,23)(H,24,25). The molecule has 1 aromatic heterocycles. The van der Waals surface area contributed by atoms with Crippen LogP contribution in [0.15, 0.2) is 71.6 Å². The van der Waals surface area contributed by atoms with E-state index in [1.165, 1.54) is 0 Å². The van der Waals surface area contributed by atoms with Crippen molar-refractivity contribution in [3.63, 3.8) is 0 Å². The summed E-state index contributed by atoms with van der Waals surface area (Å²) in [7, 11) is -3.71. The molecule has 0 fully saturated rings. The predicted molar refractivity (Wildman–Crippen MR) is 112 cm³/mol. The largest absolute Gasteiger partial charge is 0.362 e. The molecule has 1 unspecified atom stereocenters. The Hall–Kier alpha value is -2.93. The minimum Gasteiger partial charge on any atom is -0.362 e. The van der Waals surface area contributed by atoms with Crippen LogP contribution in [0.5, 0.6) is 0 Å². The van der Waals surface area contributed by atoms with Crippen molar-refractivity contribution >= 4 is 21.7 Å². The molecule has 2 N–H and O–H groups in total. The molecule has 28 heavy (non-hydrogen) atoms. The van der Waals surface area contributed by atoms with Crippen molar-refractivity contribution in [2.45, 2.75) is 37.6 Å². The van der Waals surface area contributed by atoms with Crippen LogP contribution in [-0.2, 0) is 10.0 Å². The Morgan fingerprint density at radius 1 is 0.750 bits per heavy atom. The number of hydrogen-bond acceptors (Lipinski definition) is 5. The van der Waals surface area contributed by atoms with Crippen LogP contribution in [0.2, 0.25) is 0 Å². The first kappa shape index (κ1) is 19.8. The van der Waals surface area contributed by atoms with Gasteiger partial charge in [0, 0.05) is 6.04 Å². The van der Waals surface area contributed by atoms with E-state index in [4.69, 9.17) is 0 Å². The third-order valence-corrected chi connectivity index (χ3v) is 5.80. The van der Waals surface area contributed by atoms with E-state index in [1.54, 1.807) is 24.3 Å². The van der Waals surface area contributed by atoms with E-state index >= 15 is 0 Å². The molecule has 0 aliphatic rings. The Morgan fingerprint density at radius 2 is 1.36 bits per heavy atom. The number of sulfonamides is 1. The monoisotopic (exact) mass is 396 g/mol. The van der Waals surface area contributed by atoms with Gasteiger partial charge in [0.05, 0.1) is 4.90 Å². The molecule has 2 aromatic carbocycles. The van der Waals surface area contributed by atoms with Crippen molar-refractivity contribution in [1.29, 1.82) is 0 Å². The first-order chi connectivity index (χ1) is 13.3. The van der Waals surface area contributed by atoms with Crippen LogP contribution in [-0.4, -0.2) is 18.6 Å². The molecule has 0 saturated carbocycles. The lowest BCUT2D eigenvalue weighted by atomic mass is 10.0. The summed E-state index contributed by atoms with van der Waals surface area (Å²) in [6.07, 6.45) is 0. The van der Waals surface area contributed by atoms with Crippen LogP contribution in [0.25, 0.3) is 0 Å². The molecule has 0 aliphatic carbocycles. The summed E-state index contributed by atoms with van der Waals surface area (Å²) < 4.78 is 27.5. The fraction of sp³-hybridized carbons (Fsp3) is 0.238. The third kappa shape index (κ3) is 4.86. The van der Waals surface area contributed by atoms with E-state index in [9.17, 15) is 8.42 Å². The summed E-state index contributed by atoms with van der Waals surface area (Å²) in [6.45, 7) is 6.14. The van der Waals surface area contributed by atoms with Gasteiger partial charge in [-0.15, -0.1) is 10.2 Å². The quantitative estimate of drug-likeness (QED) is 0.611. The van der Waals surface area contributed by atoms with E-state index < -0.39 is 10.0 Å². The second-order valence-corrected chi connectivity index (χ2v) is 8.59. The van der Waals surface area contributed by atoms with Gasteiger partial charge in [0.15, 0.2) is 5.82 Å². The van der Waals surface area contributed by atoms with Crippen LogP contribution in [0.3, 0.4) is 0 Å². The number of anilines is 2. The maximum Gasteiger partial charge on any atom is 0.263 e. The van der Waals surface area contributed by atoms with Crippen molar-refractivity contribution in [1.82, 2.24) is 10.2 Å². The Balaban J connectivity index is 1.67. The number of nitrogens with zero attached hydrogens (tertiary/aromatic N) is 2. The maximum absolute atomic E-state index is 12.5. The molecular formula is C21H24N4O2S. The zero-order chi connectivity index (χ0) is 20.1. The normalized spacial score (nSPS) is 12.6. The average molecular weight is 397 g/mol. The van der Waals surface area contributed by atoms with E-state index in [0.29, 0.717) is 11.7 Å². The molecule has 6 nitrogen and oxygen atoms in total. The van der Waals surface area contributed by atoms with E-state index in [2.05, 4.69) is 34.1 Å². The van der Waals surface area contributed by atoms with Crippen LogP contribution >= 0.6 is 0 Å². The highest BCUT2D eigenvalue weighted by atomic mass is 32.2. The minimum absolute atomic E-state index is 0.0533. The van der Waals surface area contributed by atoms with Gasteiger partial charge in [-0.3, -0.25) is 4.72 Å². The fourth-order valence-electron chi connectivity index (χ4n) is 2.74. The summed E-state index contributed by atoms with van der Waals surface area (Å²) in [5, 5.41) is 11.3. The van der Waals surface area contributed by atoms with Gasteiger partial charge in [0.25, 0.3) is 10.0 Å². The van der Waals surface area contributed by atoms with Crippen molar-refractivity contribution in [2.24, 2.45) is 0 Å². The lowest BCUT2D eigenvalue weighted by molar-refractivity contribution is 0.601. The van der Waals surface area contributed by atoms with E-state index in [1.807, 2.05) is 49.4 Å². The molecule has 0 radical (unpaired) electrons. The van der Waals surface area contributed by atoms with Crippen LogP contribution < -0.4 is 10.0 Å². The first-order valence-electron chi connectivity index (χ1n) is 9.13.